The van der Waals surface area contributed by atoms with Gasteiger partial charge in [0.05, 0.1) is 11.3 Å². The van der Waals surface area contributed by atoms with E-state index in [0.29, 0.717) is 11.4 Å². The number of hydrogen-bond acceptors (Lipinski definition) is 4. The van der Waals surface area contributed by atoms with E-state index in [1.807, 2.05) is 0 Å². The van der Waals surface area contributed by atoms with Gasteiger partial charge in [-0.25, -0.2) is 4.98 Å². The summed E-state index contributed by atoms with van der Waals surface area (Å²) >= 11 is 0. The zero-order valence-corrected chi connectivity index (χ0v) is 11.6. The number of aromatic hydroxyl groups is 1. The van der Waals surface area contributed by atoms with E-state index in [2.05, 4.69) is 15.2 Å². The lowest BCUT2D eigenvalue weighted by Crippen LogP contribution is -2.04. The van der Waals surface area contributed by atoms with Crippen molar-refractivity contribution in [2.75, 3.05) is 5.73 Å². The number of phenolic OH excluding ortho intramolecular Hbond substituents is 1. The molecule has 0 bridgehead atoms. The van der Waals surface area contributed by atoms with Crippen LogP contribution in [0.25, 0.3) is 22.8 Å². The lowest BCUT2D eigenvalue weighted by Gasteiger charge is -2.06. The second kappa shape index (κ2) is 5.31. The summed E-state index contributed by atoms with van der Waals surface area (Å²) in [7, 11) is 0. The number of hydrogen-bond donors (Lipinski definition) is 3. The van der Waals surface area contributed by atoms with E-state index < -0.39 is 11.7 Å². The van der Waals surface area contributed by atoms with Gasteiger partial charge in [0.2, 0.25) is 0 Å². The Hall–Kier alpha value is -3.03. The fourth-order valence-corrected chi connectivity index (χ4v) is 2.06. The van der Waals surface area contributed by atoms with Crippen LogP contribution in [0, 0.1) is 0 Å². The first-order chi connectivity index (χ1) is 10.8. The fraction of sp³-hybridized carbons (Fsp3) is 0.0667. The third-order valence-electron chi connectivity index (χ3n) is 3.23. The Balaban J connectivity index is 1.97. The molecule has 0 radical (unpaired) electrons. The van der Waals surface area contributed by atoms with Crippen molar-refractivity contribution in [1.82, 2.24) is 15.2 Å². The Bertz CT molecular complexity index is 858. The smallest absolute Gasteiger partial charge is 0.416 e. The molecule has 3 rings (SSSR count). The lowest BCUT2D eigenvalue weighted by molar-refractivity contribution is -0.137. The predicted molar refractivity (Wildman–Crippen MR) is 78.3 cm³/mol. The molecule has 0 saturated carbocycles. The minimum absolute atomic E-state index is 0.0635. The van der Waals surface area contributed by atoms with Crippen LogP contribution >= 0.6 is 0 Å². The summed E-state index contributed by atoms with van der Waals surface area (Å²) in [4.78, 5) is 4.17. The molecule has 2 aromatic carbocycles. The van der Waals surface area contributed by atoms with Crippen molar-refractivity contribution in [3.05, 3.63) is 48.0 Å². The molecule has 0 amide bonds. The van der Waals surface area contributed by atoms with Crippen LogP contribution < -0.4 is 5.73 Å². The van der Waals surface area contributed by atoms with E-state index in [4.69, 9.17) is 5.73 Å². The number of H-pyrrole nitrogens is 1. The summed E-state index contributed by atoms with van der Waals surface area (Å²) < 4.78 is 38.2. The zero-order valence-electron chi connectivity index (χ0n) is 11.6. The van der Waals surface area contributed by atoms with Crippen LogP contribution in [0.2, 0.25) is 0 Å². The fourth-order valence-electron chi connectivity index (χ4n) is 2.06. The number of nitrogens with one attached hydrogen (secondary N) is 1. The summed E-state index contributed by atoms with van der Waals surface area (Å²) in [5.74, 6) is 0.410. The van der Waals surface area contributed by atoms with E-state index in [1.54, 1.807) is 6.07 Å². The van der Waals surface area contributed by atoms with Gasteiger partial charge in [-0.1, -0.05) is 12.1 Å². The average Bonchev–Trinajstić information content (AvgIpc) is 2.99. The maximum Gasteiger partial charge on any atom is 0.416 e. The number of nitrogen functional groups attached to an aromatic ring is 1. The molecule has 0 fully saturated rings. The number of nitrogens with two attached hydrogens (primary N) is 1. The number of halogens is 3. The van der Waals surface area contributed by atoms with E-state index in [0.717, 1.165) is 12.1 Å². The van der Waals surface area contributed by atoms with Crippen LogP contribution in [0.1, 0.15) is 5.56 Å². The molecule has 0 unspecified atom stereocenters. The molecule has 0 aliphatic rings. The Kier molecular flexibility index (Phi) is 3.44. The summed E-state index contributed by atoms with van der Waals surface area (Å²) in [5.41, 5.74) is 5.81. The summed E-state index contributed by atoms with van der Waals surface area (Å²) in [5, 5.41) is 16.0. The zero-order chi connectivity index (χ0) is 16.6. The Labute approximate surface area is 128 Å². The van der Waals surface area contributed by atoms with Gasteiger partial charge in [0.1, 0.15) is 5.75 Å². The largest absolute Gasteiger partial charge is 0.506 e. The van der Waals surface area contributed by atoms with Crippen molar-refractivity contribution in [2.45, 2.75) is 6.18 Å². The standard InChI is InChI=1S/C15H11F3N4O/c16-15(17,18)10-3-1-2-8(6-10)13-20-14(22-21-13)9-4-5-12(23)11(19)7-9/h1-7,23H,19H2,(H,20,21,22). The minimum Gasteiger partial charge on any atom is -0.506 e. The average molecular weight is 320 g/mol. The van der Waals surface area contributed by atoms with Gasteiger partial charge in [0.15, 0.2) is 11.6 Å². The first-order valence-electron chi connectivity index (χ1n) is 6.53. The van der Waals surface area contributed by atoms with Gasteiger partial charge in [0, 0.05) is 11.1 Å². The minimum atomic E-state index is -4.43. The molecule has 0 spiro atoms. The predicted octanol–water partition coefficient (Wildman–Crippen LogP) is 3.45. The Morgan fingerprint density at radius 2 is 1.83 bits per heavy atom. The SMILES string of the molecule is Nc1cc(-c2nc(-c3cccc(C(F)(F)F)c3)n[nH]2)ccc1O. The normalized spacial score (nSPS) is 11.6. The number of alkyl halides is 3. The summed E-state index contributed by atoms with van der Waals surface area (Å²) in [6.07, 6.45) is -4.43. The van der Waals surface area contributed by atoms with Crippen LogP contribution in [-0.2, 0) is 6.18 Å². The van der Waals surface area contributed by atoms with Gasteiger partial charge >= 0.3 is 6.18 Å². The monoisotopic (exact) mass is 320 g/mol. The van der Waals surface area contributed by atoms with Crippen LogP contribution in [0.5, 0.6) is 5.75 Å². The Morgan fingerprint density at radius 3 is 2.52 bits per heavy atom. The number of phenols is 1. The molecule has 4 N–H and O–H groups in total. The highest BCUT2D eigenvalue weighted by Gasteiger charge is 2.30. The second-order valence-corrected chi connectivity index (χ2v) is 4.86. The molecule has 0 aliphatic carbocycles. The van der Waals surface area contributed by atoms with Crippen molar-refractivity contribution < 1.29 is 18.3 Å². The van der Waals surface area contributed by atoms with Crippen LogP contribution in [0.4, 0.5) is 18.9 Å². The quantitative estimate of drug-likeness (QED) is 0.498. The molecular formula is C15H11F3N4O. The van der Waals surface area contributed by atoms with Gasteiger partial charge in [-0.2, -0.15) is 18.3 Å². The number of aromatic nitrogens is 3. The highest BCUT2D eigenvalue weighted by atomic mass is 19.4. The molecule has 0 aliphatic heterocycles. The number of anilines is 1. The molecule has 0 atom stereocenters. The molecule has 3 aromatic rings. The van der Waals surface area contributed by atoms with Crippen LogP contribution in [0.15, 0.2) is 42.5 Å². The second-order valence-electron chi connectivity index (χ2n) is 4.86. The highest BCUT2D eigenvalue weighted by Crippen LogP contribution is 2.32. The first-order valence-corrected chi connectivity index (χ1v) is 6.53. The molecule has 5 nitrogen and oxygen atoms in total. The highest BCUT2D eigenvalue weighted by molar-refractivity contribution is 5.67. The van der Waals surface area contributed by atoms with Crippen LogP contribution in [-0.4, -0.2) is 20.3 Å². The molecule has 0 saturated heterocycles. The first kappa shape index (κ1) is 14.9. The van der Waals surface area contributed by atoms with Gasteiger partial charge < -0.3 is 10.8 Å². The van der Waals surface area contributed by atoms with Gasteiger partial charge in [-0.3, -0.25) is 5.10 Å². The molecule has 23 heavy (non-hydrogen) atoms. The Morgan fingerprint density at radius 1 is 1.04 bits per heavy atom. The summed E-state index contributed by atoms with van der Waals surface area (Å²) in [6, 6.07) is 9.22. The van der Waals surface area contributed by atoms with Crippen molar-refractivity contribution in [3.63, 3.8) is 0 Å². The van der Waals surface area contributed by atoms with Gasteiger partial charge in [0.25, 0.3) is 0 Å². The molecular weight excluding hydrogens is 309 g/mol. The number of nitrogens with zero attached hydrogens (tertiary/aromatic N) is 2. The van der Waals surface area contributed by atoms with E-state index in [9.17, 15) is 18.3 Å². The van der Waals surface area contributed by atoms with E-state index in [-0.39, 0.29) is 22.8 Å². The third kappa shape index (κ3) is 2.96. The van der Waals surface area contributed by atoms with Crippen molar-refractivity contribution in [1.29, 1.82) is 0 Å². The van der Waals surface area contributed by atoms with Gasteiger partial charge in [-0.15, -0.1) is 0 Å². The topological polar surface area (TPSA) is 87.8 Å². The van der Waals surface area contributed by atoms with Crippen molar-refractivity contribution >= 4 is 5.69 Å². The maximum absolute atomic E-state index is 12.7. The van der Waals surface area contributed by atoms with E-state index in [1.165, 1.54) is 24.3 Å². The lowest BCUT2D eigenvalue weighted by atomic mass is 10.1. The number of benzene rings is 2. The molecule has 1 aromatic heterocycles. The van der Waals surface area contributed by atoms with Crippen molar-refractivity contribution in [2.24, 2.45) is 0 Å². The van der Waals surface area contributed by atoms with E-state index >= 15 is 0 Å². The maximum atomic E-state index is 12.7. The van der Waals surface area contributed by atoms with Crippen molar-refractivity contribution in [3.8, 4) is 28.5 Å². The molecule has 8 heteroatoms. The third-order valence-corrected chi connectivity index (χ3v) is 3.23. The molecule has 118 valence electrons. The van der Waals surface area contributed by atoms with Gasteiger partial charge in [-0.05, 0) is 30.3 Å². The summed E-state index contributed by atoms with van der Waals surface area (Å²) in [6.45, 7) is 0. The van der Waals surface area contributed by atoms with Crippen LogP contribution in [0.3, 0.4) is 0 Å². The molecule has 1 heterocycles. The number of rotatable bonds is 2. The number of aromatic amines is 1.